The number of rotatable bonds is 12. The molecule has 0 saturated heterocycles. The van der Waals surface area contributed by atoms with Crippen LogP contribution in [0, 0.1) is 0 Å². The smallest absolute Gasteiger partial charge is 0.247 e. The van der Waals surface area contributed by atoms with E-state index in [-0.39, 0.29) is 31.2 Å². The van der Waals surface area contributed by atoms with Crippen molar-refractivity contribution in [1.29, 1.82) is 0 Å². The minimum Gasteiger partial charge on any atom is -0.394 e. The number of sulfonamides is 1. The third kappa shape index (κ3) is 7.48. The summed E-state index contributed by atoms with van der Waals surface area (Å²) in [5.74, 6) is -1.21. The van der Waals surface area contributed by atoms with Crippen LogP contribution in [0.5, 0.6) is 0 Å². The maximum absolute atomic E-state index is 13.8. The zero-order valence-corrected chi connectivity index (χ0v) is 24.7. The number of hydrogen-bond donors (Lipinski definition) is 4. The van der Waals surface area contributed by atoms with Crippen molar-refractivity contribution in [2.24, 2.45) is 5.73 Å². The van der Waals surface area contributed by atoms with Crippen LogP contribution in [-0.4, -0.2) is 73.7 Å². The van der Waals surface area contributed by atoms with Crippen molar-refractivity contribution < 1.29 is 27.9 Å². The SMILES string of the molecule is CCN(CC1=C(c2ccc(Cl)cc2)S(=O)(=O)NC1(C)C)C(=O)[C@@H](COCc1ccccc1)NC(=O)[C@](C)(N)CO. The summed E-state index contributed by atoms with van der Waals surface area (Å²) in [5.41, 5.74) is 5.11. The van der Waals surface area contributed by atoms with Crippen molar-refractivity contribution >= 4 is 38.3 Å². The van der Waals surface area contributed by atoms with Crippen LogP contribution in [0.4, 0.5) is 0 Å². The van der Waals surface area contributed by atoms with Crippen molar-refractivity contribution in [3.8, 4) is 0 Å². The van der Waals surface area contributed by atoms with Crippen LogP contribution < -0.4 is 15.8 Å². The number of carbonyl (C=O) groups excluding carboxylic acids is 2. The molecule has 0 spiro atoms. The summed E-state index contributed by atoms with van der Waals surface area (Å²) in [6.45, 7) is 6.16. The molecular weight excluding hydrogens is 556 g/mol. The summed E-state index contributed by atoms with van der Waals surface area (Å²) in [4.78, 5) is 28.2. The number of aliphatic hydroxyl groups is 1. The highest BCUT2D eigenvalue weighted by Gasteiger charge is 2.44. The minimum absolute atomic E-state index is 0.0303. The maximum Gasteiger partial charge on any atom is 0.247 e. The zero-order valence-electron chi connectivity index (χ0n) is 23.1. The van der Waals surface area contributed by atoms with Gasteiger partial charge in [-0.25, -0.2) is 13.1 Å². The second-order valence-corrected chi connectivity index (χ2v) is 12.6. The van der Waals surface area contributed by atoms with E-state index in [1.54, 1.807) is 45.0 Å². The molecular formula is C28H37ClN4O6S. The summed E-state index contributed by atoms with van der Waals surface area (Å²) < 4.78 is 34.9. The van der Waals surface area contributed by atoms with E-state index in [9.17, 15) is 23.1 Å². The molecule has 2 aromatic carbocycles. The molecule has 10 nitrogen and oxygen atoms in total. The Morgan fingerprint density at radius 2 is 1.80 bits per heavy atom. The summed E-state index contributed by atoms with van der Waals surface area (Å²) in [5, 5.41) is 12.6. The van der Waals surface area contributed by atoms with Crippen molar-refractivity contribution in [3.63, 3.8) is 0 Å². The highest BCUT2D eigenvalue weighted by Crippen LogP contribution is 2.38. The van der Waals surface area contributed by atoms with E-state index in [2.05, 4.69) is 10.0 Å². The normalized spacial score (nSPS) is 18.2. The molecule has 3 rings (SSSR count). The molecule has 1 aliphatic rings. The summed E-state index contributed by atoms with van der Waals surface area (Å²) >= 11 is 6.02. The van der Waals surface area contributed by atoms with Crippen LogP contribution in [0.1, 0.15) is 38.8 Å². The van der Waals surface area contributed by atoms with E-state index < -0.39 is 45.6 Å². The molecule has 0 aliphatic carbocycles. The molecule has 12 heteroatoms. The topological polar surface area (TPSA) is 151 Å². The number of nitrogens with zero attached hydrogens (tertiary/aromatic N) is 1. The quantitative estimate of drug-likeness (QED) is 0.294. The van der Waals surface area contributed by atoms with E-state index in [0.717, 1.165) is 5.56 Å². The van der Waals surface area contributed by atoms with Crippen LogP contribution in [-0.2, 0) is 31.0 Å². The lowest BCUT2D eigenvalue weighted by molar-refractivity contribution is -0.139. The van der Waals surface area contributed by atoms with Crippen LogP contribution in [0.2, 0.25) is 5.02 Å². The Hall–Kier alpha value is -2.80. The van der Waals surface area contributed by atoms with Gasteiger partial charge in [-0.3, -0.25) is 9.59 Å². The molecule has 0 unspecified atom stereocenters. The molecule has 5 N–H and O–H groups in total. The van der Waals surface area contributed by atoms with Gasteiger partial charge in [0.25, 0.3) is 0 Å². The molecule has 1 aliphatic heterocycles. The van der Waals surface area contributed by atoms with Gasteiger partial charge in [-0.15, -0.1) is 0 Å². The molecule has 1 heterocycles. The number of nitrogens with one attached hydrogen (secondary N) is 2. The molecule has 218 valence electrons. The van der Waals surface area contributed by atoms with Gasteiger partial charge in [0, 0.05) is 18.1 Å². The maximum atomic E-state index is 13.8. The lowest BCUT2D eigenvalue weighted by Gasteiger charge is -2.32. The van der Waals surface area contributed by atoms with Gasteiger partial charge in [-0.1, -0.05) is 54.1 Å². The van der Waals surface area contributed by atoms with E-state index in [0.29, 0.717) is 16.2 Å². The first-order valence-electron chi connectivity index (χ1n) is 12.9. The number of amides is 2. The Kier molecular flexibility index (Phi) is 10.2. The predicted molar refractivity (Wildman–Crippen MR) is 154 cm³/mol. The second kappa shape index (κ2) is 12.8. The number of aliphatic hydroxyl groups excluding tert-OH is 1. The molecule has 0 aromatic heterocycles. The van der Waals surface area contributed by atoms with Crippen LogP contribution in [0.15, 0.2) is 60.2 Å². The largest absolute Gasteiger partial charge is 0.394 e. The Morgan fingerprint density at radius 1 is 1.18 bits per heavy atom. The third-order valence-corrected chi connectivity index (χ3v) is 8.73. The fourth-order valence-electron chi connectivity index (χ4n) is 4.29. The number of halogens is 1. The lowest BCUT2D eigenvalue weighted by atomic mass is 9.92. The van der Waals surface area contributed by atoms with Crippen molar-refractivity contribution in [2.75, 3.05) is 26.3 Å². The van der Waals surface area contributed by atoms with Crippen LogP contribution in [0.3, 0.4) is 0 Å². The number of benzene rings is 2. The molecule has 2 aromatic rings. The van der Waals surface area contributed by atoms with Crippen molar-refractivity contribution in [2.45, 2.75) is 51.4 Å². The summed E-state index contributed by atoms with van der Waals surface area (Å²) in [7, 11) is -3.89. The van der Waals surface area contributed by atoms with Crippen molar-refractivity contribution in [3.05, 3.63) is 76.3 Å². The molecule has 2 atom stereocenters. The fourth-order valence-corrected chi connectivity index (χ4v) is 6.40. The molecule has 40 heavy (non-hydrogen) atoms. The van der Waals surface area contributed by atoms with Gasteiger partial charge >= 0.3 is 0 Å². The fraction of sp³-hybridized carbons (Fsp3) is 0.429. The average molecular weight is 593 g/mol. The second-order valence-electron chi connectivity index (χ2n) is 10.5. The van der Waals surface area contributed by atoms with Gasteiger partial charge in [0.05, 0.1) is 30.3 Å². The van der Waals surface area contributed by atoms with E-state index in [1.807, 2.05) is 30.3 Å². The molecule has 0 bridgehead atoms. The van der Waals surface area contributed by atoms with Gasteiger partial charge < -0.3 is 25.8 Å². The minimum atomic E-state index is -3.89. The van der Waals surface area contributed by atoms with E-state index >= 15 is 0 Å². The van der Waals surface area contributed by atoms with Gasteiger partial charge in [-0.05, 0) is 56.5 Å². The molecule has 2 amide bonds. The molecule has 0 fully saturated rings. The number of ether oxygens (including phenoxy) is 1. The Bertz CT molecular complexity index is 1340. The lowest BCUT2D eigenvalue weighted by Crippen LogP contribution is -2.60. The molecule has 0 radical (unpaired) electrons. The predicted octanol–water partition coefficient (Wildman–Crippen LogP) is 2.02. The third-order valence-electron chi connectivity index (χ3n) is 6.68. The highest BCUT2D eigenvalue weighted by molar-refractivity contribution is 7.99. The van der Waals surface area contributed by atoms with Gasteiger partial charge in [0.1, 0.15) is 11.6 Å². The van der Waals surface area contributed by atoms with E-state index in [1.165, 1.54) is 11.8 Å². The first kappa shape index (κ1) is 31.7. The molecule has 0 saturated carbocycles. The first-order chi connectivity index (χ1) is 18.7. The summed E-state index contributed by atoms with van der Waals surface area (Å²) in [6.07, 6.45) is 0. The number of hydrogen-bond acceptors (Lipinski definition) is 7. The van der Waals surface area contributed by atoms with Crippen LogP contribution in [0.25, 0.3) is 4.91 Å². The monoisotopic (exact) mass is 592 g/mol. The van der Waals surface area contributed by atoms with Gasteiger partial charge in [0.15, 0.2) is 0 Å². The Labute approximate surface area is 240 Å². The highest BCUT2D eigenvalue weighted by atomic mass is 35.5. The Morgan fingerprint density at radius 3 is 2.38 bits per heavy atom. The number of carbonyl (C=O) groups is 2. The first-order valence-corrected chi connectivity index (χ1v) is 14.7. The van der Waals surface area contributed by atoms with Crippen molar-refractivity contribution in [1.82, 2.24) is 14.9 Å². The Balaban J connectivity index is 1.93. The number of nitrogens with two attached hydrogens (primary N) is 1. The standard InChI is InChI=1S/C28H37ClN4O6S/c1-5-33(15-22-24(20-11-13-21(29)14-12-20)40(37,38)32-27(22,2)3)25(35)23(31-26(36)28(4,30)18-34)17-39-16-19-9-7-6-8-10-19/h6-14,23,32,34H,5,15-18,30H2,1-4H3,(H,31,36)/t23-,28-/m1/s1. The summed E-state index contributed by atoms with van der Waals surface area (Å²) in [6, 6.07) is 14.6. The zero-order chi connectivity index (χ0) is 29.7. The van der Waals surface area contributed by atoms with Gasteiger partial charge in [0.2, 0.25) is 21.8 Å². The average Bonchev–Trinajstić information content (AvgIpc) is 3.09. The van der Waals surface area contributed by atoms with Gasteiger partial charge in [-0.2, -0.15) is 0 Å². The van der Waals surface area contributed by atoms with Crippen LogP contribution >= 0.6 is 11.6 Å². The van der Waals surface area contributed by atoms with E-state index in [4.69, 9.17) is 22.1 Å². The number of likely N-dealkylation sites (N-methyl/N-ethyl adjacent to an activating group) is 1.